The second-order valence-corrected chi connectivity index (χ2v) is 16.0. The molecule has 1 aromatic heterocycles. The number of nitrogens with one attached hydrogen (secondary N) is 3. The van der Waals surface area contributed by atoms with Crippen LogP contribution in [0.4, 0.5) is 10.7 Å². The van der Waals surface area contributed by atoms with Crippen molar-refractivity contribution in [3.05, 3.63) is 152 Å². The highest BCUT2D eigenvalue weighted by atomic mass is 79.9. The van der Waals surface area contributed by atoms with Crippen molar-refractivity contribution in [2.75, 3.05) is 23.8 Å². The summed E-state index contributed by atoms with van der Waals surface area (Å²) < 4.78 is 6.32. The number of amides is 3. The molecule has 0 aliphatic carbocycles. The zero-order valence-electron chi connectivity index (χ0n) is 29.8. The number of rotatable bonds is 13. The minimum absolute atomic E-state index is 0.0659. The largest absolute Gasteiger partial charge is 0.462 e. The Kier molecular flexibility index (Phi) is 13.2. The number of fused-ring (bicyclic) bond motifs is 1. The van der Waals surface area contributed by atoms with E-state index >= 15 is 0 Å². The van der Waals surface area contributed by atoms with Gasteiger partial charge in [-0.25, -0.2) is 4.79 Å². The molecule has 9 nitrogen and oxygen atoms in total. The molecule has 12 heteroatoms. The van der Waals surface area contributed by atoms with Gasteiger partial charge in [0.05, 0.1) is 17.4 Å². The number of hydrogen-bond acceptors (Lipinski definition) is 8. The number of benzene rings is 4. The fourth-order valence-electron chi connectivity index (χ4n) is 5.93. The zero-order valence-corrected chi connectivity index (χ0v) is 33.0. The molecule has 0 spiro atoms. The van der Waals surface area contributed by atoms with Crippen molar-refractivity contribution in [1.29, 1.82) is 0 Å². The lowest BCUT2D eigenvalue weighted by molar-refractivity contribution is -0.115. The highest BCUT2D eigenvalue weighted by molar-refractivity contribution is 9.10. The number of carbonyl (C=O) groups excluding carboxylic acids is 4. The lowest BCUT2D eigenvalue weighted by Crippen LogP contribution is -2.30. The Morgan fingerprint density at radius 3 is 2.37 bits per heavy atom. The number of ether oxygens (including phenoxy) is 1. The lowest BCUT2D eigenvalue weighted by Gasteiger charge is -2.27. The maximum Gasteiger partial charge on any atom is 0.341 e. The van der Waals surface area contributed by atoms with Gasteiger partial charge >= 0.3 is 5.97 Å². The quantitative estimate of drug-likeness (QED) is 0.0618. The second-order valence-electron chi connectivity index (χ2n) is 12.5. The SMILES string of the molecule is CCOC(=O)c1c(NC(=O)C(C)Sc2cccc(NC(=O)/C(=C/c3ccc(Br)cc3)NC(=O)c3ccccc3)c2)sc2c1CCN(Cc1ccccc1)C2. The molecule has 1 aliphatic heterocycles. The van der Waals surface area contributed by atoms with Crippen LogP contribution in [0.1, 0.15) is 56.1 Å². The zero-order chi connectivity index (χ0) is 38.0. The van der Waals surface area contributed by atoms with E-state index in [1.807, 2.05) is 54.6 Å². The standard InChI is InChI=1S/C42H39BrN4O5S2/c1-3-52-42(51)37-34-21-22-47(25-29-11-6-4-7-12-29)26-36(34)54-41(37)46-38(48)27(2)53-33-16-10-15-32(24-33)44-40(50)35(23-28-17-19-31(43)20-18-28)45-39(49)30-13-8-5-9-14-30/h4-20,23-24,27H,3,21-22,25-26H2,1-2H3,(H,44,50)(H,45,49)(H,46,48)/b35-23-. The van der Waals surface area contributed by atoms with E-state index in [0.717, 1.165) is 38.5 Å². The van der Waals surface area contributed by atoms with Crippen LogP contribution in [0.3, 0.4) is 0 Å². The molecule has 2 heterocycles. The van der Waals surface area contributed by atoms with E-state index in [-0.39, 0.29) is 18.2 Å². The third kappa shape index (κ3) is 10.1. The van der Waals surface area contributed by atoms with Crippen LogP contribution >= 0.6 is 39.0 Å². The van der Waals surface area contributed by atoms with Gasteiger partial charge in [-0.3, -0.25) is 19.3 Å². The van der Waals surface area contributed by atoms with Crippen LogP contribution in [0.2, 0.25) is 0 Å². The van der Waals surface area contributed by atoms with Crippen molar-refractivity contribution in [2.45, 2.75) is 43.5 Å². The number of anilines is 2. The number of carbonyl (C=O) groups is 4. The van der Waals surface area contributed by atoms with Gasteiger partial charge in [-0.2, -0.15) is 0 Å². The Bertz CT molecular complexity index is 2160. The van der Waals surface area contributed by atoms with Crippen LogP contribution in [0.15, 0.2) is 124 Å². The van der Waals surface area contributed by atoms with E-state index in [4.69, 9.17) is 4.74 Å². The molecular weight excluding hydrogens is 785 g/mol. The molecule has 1 aliphatic rings. The van der Waals surface area contributed by atoms with Crippen molar-refractivity contribution in [3.63, 3.8) is 0 Å². The number of halogens is 1. The summed E-state index contributed by atoms with van der Waals surface area (Å²) in [5.74, 6) is -1.62. The molecule has 4 aromatic carbocycles. The first-order valence-electron chi connectivity index (χ1n) is 17.5. The van der Waals surface area contributed by atoms with Gasteiger partial charge in [0, 0.05) is 45.1 Å². The smallest absolute Gasteiger partial charge is 0.341 e. The fourth-order valence-corrected chi connectivity index (χ4v) is 8.40. The van der Waals surface area contributed by atoms with Crippen molar-refractivity contribution in [1.82, 2.24) is 10.2 Å². The molecule has 1 unspecified atom stereocenters. The summed E-state index contributed by atoms with van der Waals surface area (Å²) in [4.78, 5) is 57.6. The molecule has 1 atom stereocenters. The predicted octanol–water partition coefficient (Wildman–Crippen LogP) is 8.77. The summed E-state index contributed by atoms with van der Waals surface area (Å²) in [6.45, 7) is 6.06. The predicted molar refractivity (Wildman–Crippen MR) is 220 cm³/mol. The van der Waals surface area contributed by atoms with Crippen LogP contribution in [0, 0.1) is 0 Å². The van der Waals surface area contributed by atoms with Gasteiger partial charge in [-0.05, 0) is 85.5 Å². The van der Waals surface area contributed by atoms with Crippen molar-refractivity contribution < 1.29 is 23.9 Å². The van der Waals surface area contributed by atoms with E-state index in [2.05, 4.69) is 48.9 Å². The lowest BCUT2D eigenvalue weighted by atomic mass is 10.0. The number of nitrogens with zero attached hydrogens (tertiary/aromatic N) is 1. The van der Waals surface area contributed by atoms with Gasteiger partial charge in [-0.15, -0.1) is 23.1 Å². The summed E-state index contributed by atoms with van der Waals surface area (Å²) in [6.07, 6.45) is 2.29. The summed E-state index contributed by atoms with van der Waals surface area (Å²) >= 11 is 6.18. The Morgan fingerprint density at radius 1 is 0.926 bits per heavy atom. The number of hydrogen-bond donors (Lipinski definition) is 3. The Morgan fingerprint density at radius 2 is 1.65 bits per heavy atom. The minimum Gasteiger partial charge on any atom is -0.462 e. The summed E-state index contributed by atoms with van der Waals surface area (Å²) in [7, 11) is 0. The van der Waals surface area contributed by atoms with Crippen LogP contribution in [0.25, 0.3) is 6.08 Å². The molecule has 54 heavy (non-hydrogen) atoms. The van der Waals surface area contributed by atoms with Gasteiger partial charge < -0.3 is 20.7 Å². The van der Waals surface area contributed by atoms with E-state index in [1.54, 1.807) is 62.4 Å². The molecule has 3 amide bonds. The molecule has 0 saturated carbocycles. The summed E-state index contributed by atoms with van der Waals surface area (Å²) in [6, 6.07) is 33.5. The molecule has 0 saturated heterocycles. The number of esters is 1. The first kappa shape index (κ1) is 38.7. The Balaban J connectivity index is 1.14. The molecular formula is C42H39BrN4O5S2. The molecule has 0 bridgehead atoms. The second kappa shape index (κ2) is 18.4. The highest BCUT2D eigenvalue weighted by Crippen LogP contribution is 2.39. The van der Waals surface area contributed by atoms with Gasteiger partial charge in [0.15, 0.2) is 0 Å². The molecule has 276 valence electrons. The molecule has 6 rings (SSSR count). The Labute approximate surface area is 331 Å². The van der Waals surface area contributed by atoms with Crippen LogP contribution in [0.5, 0.6) is 0 Å². The summed E-state index contributed by atoms with van der Waals surface area (Å²) in [5, 5.41) is 8.64. The number of thioether (sulfide) groups is 1. The van der Waals surface area contributed by atoms with Gasteiger partial charge in [-0.1, -0.05) is 82.7 Å². The summed E-state index contributed by atoms with van der Waals surface area (Å²) in [5.41, 5.74) is 4.30. The fraction of sp³-hybridized carbons (Fsp3) is 0.190. The Hall–Kier alpha value is -5.01. The average Bonchev–Trinajstić information content (AvgIpc) is 3.53. The highest BCUT2D eigenvalue weighted by Gasteiger charge is 2.30. The molecule has 0 fully saturated rings. The van der Waals surface area contributed by atoms with Crippen LogP contribution in [-0.4, -0.2) is 47.0 Å². The van der Waals surface area contributed by atoms with E-state index in [9.17, 15) is 19.2 Å². The van der Waals surface area contributed by atoms with Crippen molar-refractivity contribution >= 4 is 79.5 Å². The van der Waals surface area contributed by atoms with Crippen molar-refractivity contribution in [3.8, 4) is 0 Å². The monoisotopic (exact) mass is 822 g/mol. The molecule has 0 radical (unpaired) electrons. The van der Waals surface area contributed by atoms with E-state index in [0.29, 0.717) is 34.8 Å². The minimum atomic E-state index is -0.544. The molecule has 5 aromatic rings. The van der Waals surface area contributed by atoms with Gasteiger partial charge in [0.1, 0.15) is 10.7 Å². The average molecular weight is 824 g/mol. The van der Waals surface area contributed by atoms with E-state index in [1.165, 1.54) is 28.7 Å². The normalized spacial score (nSPS) is 13.4. The topological polar surface area (TPSA) is 117 Å². The first-order valence-corrected chi connectivity index (χ1v) is 20.0. The van der Waals surface area contributed by atoms with Crippen LogP contribution in [-0.2, 0) is 33.8 Å². The van der Waals surface area contributed by atoms with Crippen LogP contribution < -0.4 is 16.0 Å². The van der Waals surface area contributed by atoms with Gasteiger partial charge in [0.25, 0.3) is 11.8 Å². The van der Waals surface area contributed by atoms with Gasteiger partial charge in [0.2, 0.25) is 5.91 Å². The maximum atomic E-state index is 13.6. The molecule has 3 N–H and O–H groups in total. The third-order valence-corrected chi connectivity index (χ3v) is 11.3. The third-order valence-electron chi connectivity index (χ3n) is 8.59. The first-order chi connectivity index (χ1) is 26.2. The maximum absolute atomic E-state index is 13.6. The van der Waals surface area contributed by atoms with E-state index < -0.39 is 23.0 Å². The van der Waals surface area contributed by atoms with Crippen molar-refractivity contribution in [2.24, 2.45) is 0 Å². The number of thiophene rings is 1.